The van der Waals surface area contributed by atoms with E-state index in [1.165, 1.54) is 12.1 Å². The van der Waals surface area contributed by atoms with Crippen LogP contribution in [0.5, 0.6) is 0 Å². The van der Waals surface area contributed by atoms with Crippen LogP contribution in [0.25, 0.3) is 0 Å². The molecule has 0 aliphatic rings. The van der Waals surface area contributed by atoms with Gasteiger partial charge in [-0.3, -0.25) is 0 Å². The average molecular weight is 213 g/mol. The summed E-state index contributed by atoms with van der Waals surface area (Å²) in [5, 5.41) is 2.97. The van der Waals surface area contributed by atoms with E-state index < -0.39 is 11.6 Å². The van der Waals surface area contributed by atoms with Crippen molar-refractivity contribution in [2.24, 2.45) is 0 Å². The van der Waals surface area contributed by atoms with Crippen LogP contribution in [-0.2, 0) is 0 Å². The SMILES string of the molecule is CC(C)Nc1cc(F)c(C(C)C)c(F)c1. The van der Waals surface area contributed by atoms with Crippen molar-refractivity contribution in [2.75, 3.05) is 5.32 Å². The standard InChI is InChI=1S/C12H17F2N/c1-7(2)12-10(13)5-9(6-11(12)14)15-8(3)4/h5-8,15H,1-4H3. The molecular weight excluding hydrogens is 196 g/mol. The first-order valence-electron chi connectivity index (χ1n) is 5.17. The maximum absolute atomic E-state index is 13.5. The van der Waals surface area contributed by atoms with E-state index in [2.05, 4.69) is 5.32 Å². The van der Waals surface area contributed by atoms with Crippen LogP contribution in [-0.4, -0.2) is 6.04 Å². The van der Waals surface area contributed by atoms with Gasteiger partial charge >= 0.3 is 0 Å². The Morgan fingerprint density at radius 3 is 1.80 bits per heavy atom. The van der Waals surface area contributed by atoms with Crippen molar-refractivity contribution < 1.29 is 8.78 Å². The molecule has 1 rings (SSSR count). The summed E-state index contributed by atoms with van der Waals surface area (Å²) >= 11 is 0. The Morgan fingerprint density at radius 2 is 1.47 bits per heavy atom. The van der Waals surface area contributed by atoms with Gasteiger partial charge < -0.3 is 5.32 Å². The van der Waals surface area contributed by atoms with Gasteiger partial charge in [0.15, 0.2) is 0 Å². The van der Waals surface area contributed by atoms with E-state index in [0.29, 0.717) is 5.69 Å². The van der Waals surface area contributed by atoms with Crippen LogP contribution in [0.3, 0.4) is 0 Å². The molecule has 0 atom stereocenters. The smallest absolute Gasteiger partial charge is 0.131 e. The fraction of sp³-hybridized carbons (Fsp3) is 0.500. The third kappa shape index (κ3) is 2.91. The van der Waals surface area contributed by atoms with E-state index in [-0.39, 0.29) is 17.5 Å². The summed E-state index contributed by atoms with van der Waals surface area (Å²) in [6.07, 6.45) is 0. The Hall–Kier alpha value is -1.12. The summed E-state index contributed by atoms with van der Waals surface area (Å²) in [5.74, 6) is -1.10. The molecule has 1 aromatic carbocycles. The Bertz CT molecular complexity index is 322. The molecule has 3 heteroatoms. The van der Waals surface area contributed by atoms with Gasteiger partial charge in [0.1, 0.15) is 11.6 Å². The molecule has 0 fully saturated rings. The first-order chi connectivity index (χ1) is 6.91. The summed E-state index contributed by atoms with van der Waals surface area (Å²) in [5.41, 5.74) is 0.647. The van der Waals surface area contributed by atoms with Crippen molar-refractivity contribution in [3.8, 4) is 0 Å². The van der Waals surface area contributed by atoms with Gasteiger partial charge in [0.25, 0.3) is 0 Å². The molecule has 0 saturated heterocycles. The Labute approximate surface area is 89.5 Å². The third-order valence-corrected chi connectivity index (χ3v) is 2.11. The van der Waals surface area contributed by atoms with Crippen molar-refractivity contribution in [2.45, 2.75) is 39.7 Å². The first-order valence-corrected chi connectivity index (χ1v) is 5.17. The van der Waals surface area contributed by atoms with E-state index in [0.717, 1.165) is 0 Å². The Morgan fingerprint density at radius 1 is 1.00 bits per heavy atom. The molecule has 1 N–H and O–H groups in total. The van der Waals surface area contributed by atoms with E-state index in [9.17, 15) is 8.78 Å². The van der Waals surface area contributed by atoms with Gasteiger partial charge in [-0.2, -0.15) is 0 Å². The molecule has 0 radical (unpaired) electrons. The molecule has 0 saturated carbocycles. The zero-order chi connectivity index (χ0) is 11.6. The van der Waals surface area contributed by atoms with Gasteiger partial charge in [0, 0.05) is 17.3 Å². The number of anilines is 1. The third-order valence-electron chi connectivity index (χ3n) is 2.11. The van der Waals surface area contributed by atoms with E-state index in [1.54, 1.807) is 13.8 Å². The van der Waals surface area contributed by atoms with E-state index in [1.807, 2.05) is 13.8 Å². The van der Waals surface area contributed by atoms with Crippen LogP contribution >= 0.6 is 0 Å². The molecule has 1 aromatic rings. The zero-order valence-electron chi connectivity index (χ0n) is 9.57. The molecule has 0 spiro atoms. The number of halogens is 2. The maximum Gasteiger partial charge on any atom is 0.131 e. The van der Waals surface area contributed by atoms with Gasteiger partial charge in [-0.25, -0.2) is 8.78 Å². The molecule has 0 aromatic heterocycles. The lowest BCUT2D eigenvalue weighted by Gasteiger charge is -2.14. The number of hydrogen-bond acceptors (Lipinski definition) is 1. The lowest BCUT2D eigenvalue weighted by molar-refractivity contribution is 0.542. The summed E-state index contributed by atoms with van der Waals surface area (Å²) in [7, 11) is 0. The molecule has 0 amide bonds. The van der Waals surface area contributed by atoms with E-state index >= 15 is 0 Å². The Kier molecular flexibility index (Phi) is 3.66. The van der Waals surface area contributed by atoms with Gasteiger partial charge in [0.2, 0.25) is 0 Å². The monoisotopic (exact) mass is 213 g/mol. The minimum absolute atomic E-state index is 0.141. The summed E-state index contributed by atoms with van der Waals surface area (Å²) in [4.78, 5) is 0. The molecule has 15 heavy (non-hydrogen) atoms. The zero-order valence-corrected chi connectivity index (χ0v) is 9.57. The largest absolute Gasteiger partial charge is 0.383 e. The molecule has 84 valence electrons. The molecule has 0 aliphatic heterocycles. The highest BCUT2D eigenvalue weighted by atomic mass is 19.1. The molecular formula is C12H17F2N. The number of benzene rings is 1. The Balaban J connectivity index is 3.08. The number of rotatable bonds is 3. The second kappa shape index (κ2) is 4.60. The van der Waals surface area contributed by atoms with Crippen LogP contribution in [0.2, 0.25) is 0 Å². The van der Waals surface area contributed by atoms with Crippen molar-refractivity contribution in [3.63, 3.8) is 0 Å². The fourth-order valence-electron chi connectivity index (χ4n) is 1.55. The molecule has 1 nitrogen and oxygen atoms in total. The van der Waals surface area contributed by atoms with Gasteiger partial charge in [-0.15, -0.1) is 0 Å². The van der Waals surface area contributed by atoms with Crippen molar-refractivity contribution in [1.29, 1.82) is 0 Å². The second-order valence-corrected chi connectivity index (χ2v) is 4.31. The predicted molar refractivity (Wildman–Crippen MR) is 59.2 cm³/mol. The van der Waals surface area contributed by atoms with Crippen LogP contribution in [0, 0.1) is 11.6 Å². The van der Waals surface area contributed by atoms with Crippen LogP contribution in [0.15, 0.2) is 12.1 Å². The fourth-order valence-corrected chi connectivity index (χ4v) is 1.55. The quantitative estimate of drug-likeness (QED) is 0.802. The van der Waals surface area contributed by atoms with Crippen molar-refractivity contribution in [1.82, 2.24) is 0 Å². The van der Waals surface area contributed by atoms with Crippen molar-refractivity contribution in [3.05, 3.63) is 29.3 Å². The summed E-state index contributed by atoms with van der Waals surface area (Å²) in [6.45, 7) is 7.40. The minimum Gasteiger partial charge on any atom is -0.383 e. The summed E-state index contributed by atoms with van der Waals surface area (Å²) < 4.78 is 27.1. The maximum atomic E-state index is 13.5. The molecule has 0 unspecified atom stereocenters. The number of nitrogens with one attached hydrogen (secondary N) is 1. The minimum atomic E-state index is -0.479. The number of hydrogen-bond donors (Lipinski definition) is 1. The van der Waals surface area contributed by atoms with Gasteiger partial charge in [0.05, 0.1) is 0 Å². The summed E-state index contributed by atoms with van der Waals surface area (Å²) in [6, 6.07) is 2.85. The molecule has 0 aliphatic carbocycles. The van der Waals surface area contributed by atoms with E-state index in [4.69, 9.17) is 0 Å². The van der Waals surface area contributed by atoms with Crippen LogP contribution in [0.4, 0.5) is 14.5 Å². The van der Waals surface area contributed by atoms with Crippen LogP contribution < -0.4 is 5.32 Å². The molecule has 0 bridgehead atoms. The van der Waals surface area contributed by atoms with Gasteiger partial charge in [-0.1, -0.05) is 13.8 Å². The highest BCUT2D eigenvalue weighted by Crippen LogP contribution is 2.25. The van der Waals surface area contributed by atoms with Crippen molar-refractivity contribution >= 4 is 5.69 Å². The highest BCUT2D eigenvalue weighted by molar-refractivity contribution is 5.47. The molecule has 0 heterocycles. The normalized spacial score (nSPS) is 11.2. The highest BCUT2D eigenvalue weighted by Gasteiger charge is 2.14. The lowest BCUT2D eigenvalue weighted by Crippen LogP contribution is -2.11. The lowest BCUT2D eigenvalue weighted by atomic mass is 10.0. The first kappa shape index (κ1) is 12.0. The second-order valence-electron chi connectivity index (χ2n) is 4.31. The average Bonchev–Trinajstić information content (AvgIpc) is 1.99. The predicted octanol–water partition coefficient (Wildman–Crippen LogP) is 3.91. The topological polar surface area (TPSA) is 12.0 Å². The van der Waals surface area contributed by atoms with Crippen LogP contribution in [0.1, 0.15) is 39.2 Å². The van der Waals surface area contributed by atoms with Gasteiger partial charge in [-0.05, 0) is 31.9 Å².